The van der Waals surface area contributed by atoms with Crippen LogP contribution in [0, 0.1) is 0 Å². The number of carbonyl (C=O) groups is 2. The number of aliphatic carboxylic acids is 1. The second-order valence-electron chi connectivity index (χ2n) is 3.80. The molecule has 0 aromatic heterocycles. The Bertz CT molecular complexity index is 243. The zero-order chi connectivity index (χ0) is 10.8. The van der Waals surface area contributed by atoms with Crippen LogP contribution >= 0.6 is 0 Å². The summed E-state index contributed by atoms with van der Waals surface area (Å²) in [6, 6.07) is 0. The number of aliphatic hydroxyl groups is 1. The topological polar surface area (TPSA) is 86.6 Å². The van der Waals surface area contributed by atoms with Gasteiger partial charge in [-0.25, -0.2) is 4.79 Å². The van der Waals surface area contributed by atoms with Crippen LogP contribution in [0.5, 0.6) is 0 Å². The molecule has 0 bridgehead atoms. The highest BCUT2D eigenvalue weighted by atomic mass is 16.4. The molecular weight excluding hydrogens is 186 g/mol. The summed E-state index contributed by atoms with van der Waals surface area (Å²) < 4.78 is 0. The van der Waals surface area contributed by atoms with E-state index in [1.165, 1.54) is 6.92 Å². The molecule has 0 radical (unpaired) electrons. The van der Waals surface area contributed by atoms with Crippen molar-refractivity contribution in [3.63, 3.8) is 0 Å². The van der Waals surface area contributed by atoms with E-state index < -0.39 is 17.6 Å². The monoisotopic (exact) mass is 201 g/mol. The van der Waals surface area contributed by atoms with Crippen LogP contribution in [-0.4, -0.2) is 33.7 Å². The maximum absolute atomic E-state index is 11.0. The highest BCUT2D eigenvalue weighted by Gasteiger charge is 2.42. The standard InChI is InChI=1S/C9H15NO4/c1-6(11)10-9(8(13)14)4-2-7(12)3-5-9/h7,12H,2-5H2,1H3,(H,10,11)(H,13,14)/t7-,9-. The number of hydrogen-bond acceptors (Lipinski definition) is 3. The maximum atomic E-state index is 11.0. The van der Waals surface area contributed by atoms with E-state index in [1.54, 1.807) is 0 Å². The Labute approximate surface area is 82.1 Å². The Morgan fingerprint density at radius 2 is 1.86 bits per heavy atom. The molecule has 0 heterocycles. The average molecular weight is 201 g/mol. The lowest BCUT2D eigenvalue weighted by Gasteiger charge is -2.35. The van der Waals surface area contributed by atoms with Gasteiger partial charge in [-0.3, -0.25) is 4.79 Å². The summed E-state index contributed by atoms with van der Waals surface area (Å²) in [7, 11) is 0. The van der Waals surface area contributed by atoms with Crippen LogP contribution in [0.1, 0.15) is 32.6 Å². The number of hydrogen-bond donors (Lipinski definition) is 3. The summed E-state index contributed by atoms with van der Waals surface area (Å²) in [5, 5.41) is 20.7. The van der Waals surface area contributed by atoms with Gasteiger partial charge in [-0.2, -0.15) is 0 Å². The first-order valence-electron chi connectivity index (χ1n) is 4.66. The summed E-state index contributed by atoms with van der Waals surface area (Å²) in [6.45, 7) is 1.30. The van der Waals surface area contributed by atoms with Crippen molar-refractivity contribution >= 4 is 11.9 Å². The smallest absolute Gasteiger partial charge is 0.329 e. The van der Waals surface area contributed by atoms with E-state index in [1.807, 2.05) is 0 Å². The minimum Gasteiger partial charge on any atom is -0.480 e. The molecule has 1 fully saturated rings. The molecule has 0 aliphatic heterocycles. The minimum atomic E-state index is -1.16. The second kappa shape index (κ2) is 3.96. The molecule has 0 unspecified atom stereocenters. The largest absolute Gasteiger partial charge is 0.480 e. The fraction of sp³-hybridized carbons (Fsp3) is 0.778. The van der Waals surface area contributed by atoms with Crippen LogP contribution in [-0.2, 0) is 9.59 Å². The van der Waals surface area contributed by atoms with E-state index in [9.17, 15) is 14.7 Å². The van der Waals surface area contributed by atoms with Crippen molar-refractivity contribution < 1.29 is 19.8 Å². The van der Waals surface area contributed by atoms with Gasteiger partial charge in [-0.15, -0.1) is 0 Å². The fourth-order valence-electron chi connectivity index (χ4n) is 1.82. The van der Waals surface area contributed by atoms with Gasteiger partial charge in [0.05, 0.1) is 6.10 Å². The van der Waals surface area contributed by atoms with Gasteiger partial charge in [-0.1, -0.05) is 0 Å². The molecule has 1 saturated carbocycles. The van der Waals surface area contributed by atoms with Crippen molar-refractivity contribution in [2.75, 3.05) is 0 Å². The first-order chi connectivity index (χ1) is 6.46. The van der Waals surface area contributed by atoms with Gasteiger partial charge in [0.1, 0.15) is 5.54 Å². The predicted molar refractivity (Wildman–Crippen MR) is 48.7 cm³/mol. The van der Waals surface area contributed by atoms with Crippen molar-refractivity contribution in [1.82, 2.24) is 5.32 Å². The van der Waals surface area contributed by atoms with E-state index in [2.05, 4.69) is 5.32 Å². The first kappa shape index (κ1) is 11.0. The predicted octanol–water partition coefficient (Wildman–Crippen LogP) is -0.119. The summed E-state index contributed by atoms with van der Waals surface area (Å²) in [4.78, 5) is 21.9. The van der Waals surface area contributed by atoms with Crippen molar-refractivity contribution in [2.24, 2.45) is 0 Å². The molecule has 1 amide bonds. The van der Waals surface area contributed by atoms with E-state index in [0.29, 0.717) is 25.7 Å². The Kier molecular flexibility index (Phi) is 3.10. The molecule has 80 valence electrons. The van der Waals surface area contributed by atoms with Gasteiger partial charge < -0.3 is 15.5 Å². The fourth-order valence-corrected chi connectivity index (χ4v) is 1.82. The summed E-state index contributed by atoms with van der Waals surface area (Å²) >= 11 is 0. The highest BCUT2D eigenvalue weighted by molar-refractivity contribution is 5.86. The molecule has 1 aliphatic carbocycles. The third-order valence-corrected chi connectivity index (χ3v) is 2.63. The summed E-state index contributed by atoms with van der Waals surface area (Å²) in [5.74, 6) is -1.36. The zero-order valence-corrected chi connectivity index (χ0v) is 8.12. The van der Waals surface area contributed by atoms with E-state index in [4.69, 9.17) is 5.11 Å². The zero-order valence-electron chi connectivity index (χ0n) is 8.12. The molecule has 5 heteroatoms. The number of nitrogens with one attached hydrogen (secondary N) is 1. The van der Waals surface area contributed by atoms with Crippen LogP contribution in [0.15, 0.2) is 0 Å². The van der Waals surface area contributed by atoms with Gasteiger partial charge >= 0.3 is 5.97 Å². The molecular formula is C9H15NO4. The van der Waals surface area contributed by atoms with Crippen LogP contribution < -0.4 is 5.32 Å². The van der Waals surface area contributed by atoms with Crippen molar-refractivity contribution in [3.8, 4) is 0 Å². The number of rotatable bonds is 2. The molecule has 1 aliphatic rings. The molecule has 0 spiro atoms. The SMILES string of the molecule is CC(=O)N[C@]1(C(=O)O)CC[C@@H](O)CC1. The first-order valence-corrected chi connectivity index (χ1v) is 4.66. The van der Waals surface area contributed by atoms with Crippen LogP contribution in [0.4, 0.5) is 0 Å². The number of carbonyl (C=O) groups excluding carboxylic acids is 1. The van der Waals surface area contributed by atoms with E-state index in [0.717, 1.165) is 0 Å². The molecule has 0 aromatic rings. The number of amides is 1. The Hall–Kier alpha value is -1.10. The molecule has 3 N–H and O–H groups in total. The van der Waals surface area contributed by atoms with Crippen LogP contribution in [0.25, 0.3) is 0 Å². The molecule has 14 heavy (non-hydrogen) atoms. The molecule has 1 rings (SSSR count). The lowest BCUT2D eigenvalue weighted by Crippen LogP contribution is -2.56. The number of aliphatic hydroxyl groups excluding tert-OH is 1. The Morgan fingerprint density at radius 1 is 1.36 bits per heavy atom. The molecule has 0 atom stereocenters. The lowest BCUT2D eigenvalue weighted by molar-refractivity contribution is -0.150. The van der Waals surface area contributed by atoms with Crippen LogP contribution in [0.3, 0.4) is 0 Å². The van der Waals surface area contributed by atoms with E-state index in [-0.39, 0.29) is 5.91 Å². The van der Waals surface area contributed by atoms with Gasteiger partial charge in [-0.05, 0) is 25.7 Å². The van der Waals surface area contributed by atoms with Crippen molar-refractivity contribution in [1.29, 1.82) is 0 Å². The molecule has 0 aromatic carbocycles. The molecule has 5 nitrogen and oxygen atoms in total. The molecule has 0 saturated heterocycles. The average Bonchev–Trinajstić information content (AvgIpc) is 2.08. The van der Waals surface area contributed by atoms with Crippen LogP contribution in [0.2, 0.25) is 0 Å². The maximum Gasteiger partial charge on any atom is 0.329 e. The van der Waals surface area contributed by atoms with Gasteiger partial charge in [0.15, 0.2) is 0 Å². The highest BCUT2D eigenvalue weighted by Crippen LogP contribution is 2.28. The quantitative estimate of drug-likeness (QED) is 0.581. The van der Waals surface area contributed by atoms with Crippen molar-refractivity contribution in [2.45, 2.75) is 44.2 Å². The Morgan fingerprint density at radius 3 is 2.21 bits per heavy atom. The van der Waals surface area contributed by atoms with Crippen molar-refractivity contribution in [3.05, 3.63) is 0 Å². The second-order valence-corrected chi connectivity index (χ2v) is 3.80. The van der Waals surface area contributed by atoms with Gasteiger partial charge in [0.25, 0.3) is 0 Å². The summed E-state index contributed by atoms with van der Waals surface area (Å²) in [5.41, 5.74) is -1.16. The van der Waals surface area contributed by atoms with Gasteiger partial charge in [0, 0.05) is 6.92 Å². The normalized spacial score (nSPS) is 32.3. The minimum absolute atomic E-state index is 0.295. The number of carboxylic acid groups (broad SMARTS) is 1. The third kappa shape index (κ3) is 2.23. The van der Waals surface area contributed by atoms with E-state index >= 15 is 0 Å². The number of carboxylic acids is 1. The van der Waals surface area contributed by atoms with Gasteiger partial charge in [0.2, 0.25) is 5.91 Å². The third-order valence-electron chi connectivity index (χ3n) is 2.63. The summed E-state index contributed by atoms with van der Waals surface area (Å²) in [6.07, 6.45) is 1.00. The Balaban J connectivity index is 2.73. The lowest BCUT2D eigenvalue weighted by atomic mass is 9.80.